The van der Waals surface area contributed by atoms with Crippen LogP contribution in [0.5, 0.6) is 11.5 Å². The highest BCUT2D eigenvalue weighted by atomic mass is 79.9. The third-order valence-electron chi connectivity index (χ3n) is 5.61. The van der Waals surface area contributed by atoms with Crippen molar-refractivity contribution in [2.24, 2.45) is 0 Å². The van der Waals surface area contributed by atoms with Crippen LogP contribution in [0.25, 0.3) is 0 Å². The van der Waals surface area contributed by atoms with Gasteiger partial charge in [0.05, 0.1) is 43.7 Å². The molecule has 2 aromatic carbocycles. The molecule has 0 fully saturated rings. The number of benzene rings is 2. The van der Waals surface area contributed by atoms with E-state index < -0.39 is 36.0 Å². The van der Waals surface area contributed by atoms with Crippen molar-refractivity contribution in [1.82, 2.24) is 10.6 Å². The summed E-state index contributed by atoms with van der Waals surface area (Å²) >= 11 is 3.49. The molecule has 3 amide bonds. The molecule has 1 heterocycles. The average molecular weight is 590 g/mol. The molecule has 0 spiro atoms. The van der Waals surface area contributed by atoms with Gasteiger partial charge in [0.25, 0.3) is 5.91 Å². The number of urea groups is 1. The van der Waals surface area contributed by atoms with Gasteiger partial charge < -0.3 is 34.9 Å². The van der Waals surface area contributed by atoms with Crippen molar-refractivity contribution < 1.29 is 38.1 Å². The lowest BCUT2D eigenvalue weighted by molar-refractivity contribution is -0.150. The van der Waals surface area contributed by atoms with Crippen LogP contribution < -0.4 is 25.4 Å². The lowest BCUT2D eigenvalue weighted by Crippen LogP contribution is -2.46. The molecule has 0 saturated heterocycles. The van der Waals surface area contributed by atoms with Crippen molar-refractivity contribution in [3.05, 3.63) is 63.3 Å². The van der Waals surface area contributed by atoms with Gasteiger partial charge >= 0.3 is 18.0 Å². The van der Waals surface area contributed by atoms with Crippen LogP contribution in [0.4, 0.5) is 10.5 Å². The molecule has 0 aliphatic carbocycles. The number of rotatable bonds is 9. The summed E-state index contributed by atoms with van der Waals surface area (Å²) in [6.45, 7) is 5.05. The summed E-state index contributed by atoms with van der Waals surface area (Å²) in [5.74, 6) is -1.19. The third-order valence-corrected chi connectivity index (χ3v) is 6.30. The molecule has 0 bridgehead atoms. The van der Waals surface area contributed by atoms with Gasteiger partial charge in [-0.15, -0.1) is 0 Å². The van der Waals surface area contributed by atoms with E-state index >= 15 is 0 Å². The van der Waals surface area contributed by atoms with Gasteiger partial charge in [0, 0.05) is 10.2 Å². The van der Waals surface area contributed by atoms with E-state index in [2.05, 4.69) is 31.9 Å². The minimum Gasteiger partial charge on any atom is -0.493 e. The summed E-state index contributed by atoms with van der Waals surface area (Å²) in [6.07, 6.45) is -0.904. The monoisotopic (exact) mass is 589 g/mol. The molecule has 2 aromatic rings. The van der Waals surface area contributed by atoms with Crippen LogP contribution in [0.15, 0.2) is 52.1 Å². The van der Waals surface area contributed by atoms with E-state index in [0.717, 1.165) is 0 Å². The fourth-order valence-corrected chi connectivity index (χ4v) is 4.37. The molecule has 3 N–H and O–H groups in total. The Morgan fingerprint density at radius 2 is 1.84 bits per heavy atom. The summed E-state index contributed by atoms with van der Waals surface area (Å²) in [4.78, 5) is 50.1. The number of allylic oxidation sites excluding steroid dienone is 1. The number of anilines is 1. The van der Waals surface area contributed by atoms with Crippen molar-refractivity contribution in [2.45, 2.75) is 32.9 Å². The normalized spacial score (nSPS) is 15.5. The van der Waals surface area contributed by atoms with Gasteiger partial charge in [-0.2, -0.15) is 0 Å². The van der Waals surface area contributed by atoms with Gasteiger partial charge in [0.15, 0.2) is 17.6 Å². The Labute approximate surface area is 228 Å². The van der Waals surface area contributed by atoms with E-state index in [-0.39, 0.29) is 34.9 Å². The van der Waals surface area contributed by atoms with Gasteiger partial charge in [0.1, 0.15) is 0 Å². The van der Waals surface area contributed by atoms with Crippen LogP contribution in [-0.4, -0.2) is 50.8 Å². The first-order valence-electron chi connectivity index (χ1n) is 11.6. The largest absolute Gasteiger partial charge is 0.493 e. The Hall–Kier alpha value is -4.06. The number of nitrogens with one attached hydrogen (secondary N) is 3. The molecule has 2 atom stereocenters. The first-order valence-corrected chi connectivity index (χ1v) is 12.4. The number of hydrogen-bond donors (Lipinski definition) is 3. The van der Waals surface area contributed by atoms with Gasteiger partial charge in [-0.05, 0) is 50.6 Å². The molecule has 2 unspecified atom stereocenters. The number of amides is 3. The second-order valence-electron chi connectivity index (χ2n) is 8.10. The topological polar surface area (TPSA) is 141 Å². The van der Waals surface area contributed by atoms with Crippen LogP contribution in [0, 0.1) is 0 Å². The molecule has 3 rings (SSSR count). The Morgan fingerprint density at radius 3 is 2.50 bits per heavy atom. The Bertz CT molecular complexity index is 1290. The highest BCUT2D eigenvalue weighted by Crippen LogP contribution is 2.40. The summed E-state index contributed by atoms with van der Waals surface area (Å²) in [6, 6.07) is 8.16. The fourth-order valence-electron chi connectivity index (χ4n) is 3.82. The van der Waals surface area contributed by atoms with Gasteiger partial charge in [0.2, 0.25) is 0 Å². The predicted molar refractivity (Wildman–Crippen MR) is 141 cm³/mol. The molecule has 1 aliphatic heterocycles. The number of halogens is 1. The molecule has 1 aliphatic rings. The first-order chi connectivity index (χ1) is 18.1. The number of para-hydroxylation sites is 1. The maximum atomic E-state index is 13.5. The number of carbonyl (C=O) groups is 4. The second kappa shape index (κ2) is 12.5. The Balaban J connectivity index is 2.00. The van der Waals surface area contributed by atoms with Crippen LogP contribution in [0.2, 0.25) is 0 Å². The molecule has 0 saturated carbocycles. The number of methoxy groups -OCH3 is 2. The van der Waals surface area contributed by atoms with Gasteiger partial charge in [-0.25, -0.2) is 14.4 Å². The minimum absolute atomic E-state index is 0.172. The molecule has 38 heavy (non-hydrogen) atoms. The van der Waals surface area contributed by atoms with Gasteiger partial charge in [-0.1, -0.05) is 28.1 Å². The van der Waals surface area contributed by atoms with Crippen LogP contribution in [-0.2, 0) is 19.1 Å². The summed E-state index contributed by atoms with van der Waals surface area (Å²) in [7, 11) is 2.67. The summed E-state index contributed by atoms with van der Waals surface area (Å²) in [5.41, 5.74) is 1.41. The highest BCUT2D eigenvalue weighted by molar-refractivity contribution is 9.10. The number of ether oxygens (including phenoxy) is 4. The maximum absolute atomic E-state index is 13.5. The highest BCUT2D eigenvalue weighted by Gasteiger charge is 2.34. The zero-order valence-electron chi connectivity index (χ0n) is 21.5. The number of esters is 2. The molecule has 0 aromatic heterocycles. The average Bonchev–Trinajstić information content (AvgIpc) is 2.88. The molecular formula is C26H28BrN3O8. The zero-order chi connectivity index (χ0) is 28.0. The van der Waals surface area contributed by atoms with Gasteiger partial charge in [-0.3, -0.25) is 4.79 Å². The quantitative estimate of drug-likeness (QED) is 0.374. The molecule has 202 valence electrons. The maximum Gasteiger partial charge on any atom is 0.347 e. The number of carbonyl (C=O) groups excluding carboxylic acids is 4. The fraction of sp³-hybridized carbons (Fsp3) is 0.308. The van der Waals surface area contributed by atoms with Crippen molar-refractivity contribution in [1.29, 1.82) is 0 Å². The van der Waals surface area contributed by atoms with Crippen LogP contribution in [0.1, 0.15) is 42.7 Å². The Morgan fingerprint density at radius 1 is 1.13 bits per heavy atom. The Kier molecular flexibility index (Phi) is 9.35. The van der Waals surface area contributed by atoms with E-state index in [9.17, 15) is 19.2 Å². The molecule has 11 nitrogen and oxygen atoms in total. The molecule has 0 radical (unpaired) electrons. The third kappa shape index (κ3) is 6.25. The predicted octanol–water partition coefficient (Wildman–Crippen LogP) is 3.84. The van der Waals surface area contributed by atoms with E-state index in [1.807, 2.05) is 0 Å². The van der Waals surface area contributed by atoms with Crippen LogP contribution >= 0.6 is 15.9 Å². The van der Waals surface area contributed by atoms with Crippen molar-refractivity contribution in [3.8, 4) is 11.5 Å². The first kappa shape index (κ1) is 28.5. The molecular weight excluding hydrogens is 562 g/mol. The minimum atomic E-state index is -0.908. The van der Waals surface area contributed by atoms with E-state index in [1.54, 1.807) is 51.1 Å². The zero-order valence-corrected chi connectivity index (χ0v) is 23.1. The van der Waals surface area contributed by atoms with Crippen LogP contribution in [0.3, 0.4) is 0 Å². The van der Waals surface area contributed by atoms with Crippen molar-refractivity contribution in [3.63, 3.8) is 0 Å². The number of hydrogen-bond acceptors (Lipinski definition) is 8. The van der Waals surface area contributed by atoms with Crippen molar-refractivity contribution >= 4 is 45.5 Å². The lowest BCUT2D eigenvalue weighted by Gasteiger charge is -2.30. The van der Waals surface area contributed by atoms with E-state index in [1.165, 1.54) is 20.3 Å². The standard InChI is InChI=1S/C26H28BrN3O8/c1-6-37-24(32)14(3)38-20-12-17(27)16(11-19(20)35-4)22-21(13(2)28-26(34)30-22)23(31)29-18-10-8-7-9-15(18)25(33)36-5/h7-12,14,22H,6H2,1-5H3,(H,29,31)(H2,28,30,34). The SMILES string of the molecule is CCOC(=O)C(C)Oc1cc(Br)c(C2NC(=O)NC(C)=C2C(=O)Nc2ccccc2C(=O)OC)cc1OC. The van der Waals surface area contributed by atoms with Crippen molar-refractivity contribution in [2.75, 3.05) is 26.1 Å². The second-order valence-corrected chi connectivity index (χ2v) is 8.95. The lowest BCUT2D eigenvalue weighted by atomic mass is 9.94. The molecule has 12 heteroatoms. The smallest absolute Gasteiger partial charge is 0.347 e. The van der Waals surface area contributed by atoms with E-state index in [0.29, 0.717) is 15.7 Å². The summed E-state index contributed by atoms with van der Waals surface area (Å²) < 4.78 is 21.5. The summed E-state index contributed by atoms with van der Waals surface area (Å²) in [5, 5.41) is 8.10. The van der Waals surface area contributed by atoms with E-state index in [4.69, 9.17) is 18.9 Å².